The number of ether oxygens (including phenoxy) is 1. The van der Waals surface area contributed by atoms with E-state index in [0.717, 1.165) is 12.8 Å². The third-order valence-electron chi connectivity index (χ3n) is 5.82. The Balaban J connectivity index is 1.35. The van der Waals surface area contributed by atoms with Crippen LogP contribution >= 0.6 is 0 Å². The summed E-state index contributed by atoms with van der Waals surface area (Å²) in [5.41, 5.74) is 2.39. The number of benzene rings is 2. The average Bonchev–Trinajstić information content (AvgIpc) is 3.35. The maximum Gasteiger partial charge on any atom is 0.309 e. The van der Waals surface area contributed by atoms with E-state index in [1.54, 1.807) is 0 Å². The van der Waals surface area contributed by atoms with Gasteiger partial charge in [0.1, 0.15) is 6.61 Å². The van der Waals surface area contributed by atoms with E-state index in [9.17, 15) is 4.79 Å². The van der Waals surface area contributed by atoms with Gasteiger partial charge in [0.05, 0.1) is 12.5 Å². The molecule has 0 radical (unpaired) electrons. The van der Waals surface area contributed by atoms with Crippen LogP contribution in [0.2, 0.25) is 0 Å². The van der Waals surface area contributed by atoms with Crippen molar-refractivity contribution in [3.8, 4) is 0 Å². The van der Waals surface area contributed by atoms with E-state index in [1.807, 2.05) is 0 Å². The zero-order valence-corrected chi connectivity index (χ0v) is 14.1. The maximum atomic E-state index is 12.4. The number of para-hydroxylation sites is 2. The van der Waals surface area contributed by atoms with Gasteiger partial charge in [0, 0.05) is 21.8 Å². The van der Waals surface area contributed by atoms with Crippen molar-refractivity contribution in [3.63, 3.8) is 0 Å². The number of esters is 1. The predicted octanol–water partition coefficient (Wildman–Crippen LogP) is 4.55. The highest BCUT2D eigenvalue weighted by molar-refractivity contribution is 6.07. The van der Waals surface area contributed by atoms with Crippen LogP contribution in [-0.2, 0) is 16.1 Å². The first-order valence-corrected chi connectivity index (χ1v) is 9.12. The van der Waals surface area contributed by atoms with Gasteiger partial charge in [-0.1, -0.05) is 48.6 Å². The second-order valence-electron chi connectivity index (χ2n) is 7.24. The van der Waals surface area contributed by atoms with Crippen LogP contribution in [-0.4, -0.2) is 17.1 Å². The van der Waals surface area contributed by atoms with Crippen LogP contribution in [0.25, 0.3) is 21.8 Å². The zero-order valence-electron chi connectivity index (χ0n) is 14.1. The van der Waals surface area contributed by atoms with Crippen LogP contribution in [0.5, 0.6) is 0 Å². The minimum atomic E-state index is -0.0161. The number of fused-ring (bicyclic) bond motifs is 5. The van der Waals surface area contributed by atoms with Gasteiger partial charge in [-0.15, -0.1) is 0 Å². The lowest BCUT2D eigenvalue weighted by atomic mass is 9.94. The highest BCUT2D eigenvalue weighted by atomic mass is 16.5. The molecule has 0 aliphatic heterocycles. The van der Waals surface area contributed by atoms with E-state index in [1.165, 1.54) is 21.8 Å². The van der Waals surface area contributed by atoms with Crippen LogP contribution < -0.4 is 0 Å². The second-order valence-corrected chi connectivity index (χ2v) is 7.24. The molecule has 2 aromatic carbocycles. The minimum absolute atomic E-state index is 0.0161. The van der Waals surface area contributed by atoms with Gasteiger partial charge in [-0.2, -0.15) is 0 Å². The van der Waals surface area contributed by atoms with Crippen molar-refractivity contribution in [2.24, 2.45) is 17.8 Å². The molecule has 3 atom stereocenters. The summed E-state index contributed by atoms with van der Waals surface area (Å²) in [6.45, 7) is 1.12. The topological polar surface area (TPSA) is 31.2 Å². The summed E-state index contributed by atoms with van der Waals surface area (Å²) in [4.78, 5) is 12.4. The van der Waals surface area contributed by atoms with Crippen molar-refractivity contribution in [2.45, 2.75) is 19.4 Å². The maximum absolute atomic E-state index is 12.4. The summed E-state index contributed by atoms with van der Waals surface area (Å²) in [5, 5.41) is 2.50. The monoisotopic (exact) mass is 331 g/mol. The number of carbonyl (C=O) groups excluding carboxylic acids is 1. The Bertz CT molecular complexity index is 931. The third kappa shape index (κ3) is 2.38. The molecule has 0 spiro atoms. The Morgan fingerprint density at radius 3 is 2.24 bits per heavy atom. The fraction of sp³-hybridized carbons (Fsp3) is 0.318. The van der Waals surface area contributed by atoms with Gasteiger partial charge in [-0.05, 0) is 36.8 Å². The molecule has 25 heavy (non-hydrogen) atoms. The summed E-state index contributed by atoms with van der Waals surface area (Å²) in [5.74, 6) is 1.07. The van der Waals surface area contributed by atoms with Gasteiger partial charge in [-0.25, -0.2) is 0 Å². The zero-order chi connectivity index (χ0) is 16.8. The Hall–Kier alpha value is -2.55. The molecule has 5 rings (SSSR count). The Labute approximate surface area is 146 Å². The molecular weight excluding hydrogens is 310 g/mol. The molecule has 3 nitrogen and oxygen atoms in total. The molecule has 1 fully saturated rings. The van der Waals surface area contributed by atoms with Gasteiger partial charge < -0.3 is 9.30 Å². The van der Waals surface area contributed by atoms with Gasteiger partial charge in [0.15, 0.2) is 0 Å². The van der Waals surface area contributed by atoms with Crippen molar-refractivity contribution in [1.29, 1.82) is 0 Å². The summed E-state index contributed by atoms with van der Waals surface area (Å²) >= 11 is 0. The number of nitrogens with zero attached hydrogens (tertiary/aromatic N) is 1. The average molecular weight is 331 g/mol. The molecule has 2 bridgehead atoms. The van der Waals surface area contributed by atoms with Crippen LogP contribution in [0.4, 0.5) is 0 Å². The molecule has 126 valence electrons. The summed E-state index contributed by atoms with van der Waals surface area (Å²) in [6, 6.07) is 16.8. The molecule has 3 unspecified atom stereocenters. The largest absolute Gasteiger partial charge is 0.464 e. The predicted molar refractivity (Wildman–Crippen MR) is 99.2 cm³/mol. The highest BCUT2D eigenvalue weighted by Gasteiger charge is 2.40. The third-order valence-corrected chi connectivity index (χ3v) is 5.82. The van der Waals surface area contributed by atoms with E-state index in [2.05, 4.69) is 65.3 Å². The molecule has 1 aromatic heterocycles. The summed E-state index contributed by atoms with van der Waals surface area (Å²) in [6.07, 6.45) is 6.56. The first-order valence-electron chi connectivity index (χ1n) is 9.12. The van der Waals surface area contributed by atoms with Crippen molar-refractivity contribution in [1.82, 2.24) is 4.57 Å². The molecule has 1 heterocycles. The van der Waals surface area contributed by atoms with Gasteiger partial charge >= 0.3 is 5.97 Å². The van der Waals surface area contributed by atoms with Crippen molar-refractivity contribution >= 4 is 27.8 Å². The van der Waals surface area contributed by atoms with Crippen LogP contribution in [0, 0.1) is 17.8 Å². The second kappa shape index (κ2) is 5.76. The fourth-order valence-corrected chi connectivity index (χ4v) is 4.64. The number of aromatic nitrogens is 1. The van der Waals surface area contributed by atoms with Gasteiger partial charge in [0.25, 0.3) is 0 Å². The lowest BCUT2D eigenvalue weighted by Gasteiger charge is -2.17. The number of carbonyl (C=O) groups is 1. The minimum Gasteiger partial charge on any atom is -0.464 e. The van der Waals surface area contributed by atoms with Crippen LogP contribution in [0.3, 0.4) is 0 Å². The highest BCUT2D eigenvalue weighted by Crippen LogP contribution is 2.43. The normalized spacial score (nSPS) is 24.4. The van der Waals surface area contributed by atoms with Gasteiger partial charge in [-0.3, -0.25) is 4.79 Å². The molecule has 0 N–H and O–H groups in total. The first kappa shape index (κ1) is 14.8. The van der Waals surface area contributed by atoms with E-state index in [0.29, 0.717) is 25.0 Å². The molecule has 2 aliphatic carbocycles. The van der Waals surface area contributed by atoms with E-state index >= 15 is 0 Å². The van der Waals surface area contributed by atoms with Crippen LogP contribution in [0.1, 0.15) is 12.8 Å². The smallest absolute Gasteiger partial charge is 0.309 e. The number of allylic oxidation sites excluding steroid dienone is 2. The van der Waals surface area contributed by atoms with Crippen molar-refractivity contribution < 1.29 is 9.53 Å². The van der Waals surface area contributed by atoms with Gasteiger partial charge in [0.2, 0.25) is 0 Å². The van der Waals surface area contributed by atoms with Crippen molar-refractivity contribution in [2.75, 3.05) is 6.61 Å². The Kier molecular flexibility index (Phi) is 3.40. The van der Waals surface area contributed by atoms with Crippen molar-refractivity contribution in [3.05, 3.63) is 60.7 Å². The molecule has 0 saturated heterocycles. The van der Waals surface area contributed by atoms with E-state index < -0.39 is 0 Å². The lowest BCUT2D eigenvalue weighted by molar-refractivity contribution is -0.149. The van der Waals surface area contributed by atoms with Crippen LogP contribution in [0.15, 0.2) is 60.7 Å². The Morgan fingerprint density at radius 2 is 1.64 bits per heavy atom. The molecule has 1 saturated carbocycles. The number of rotatable bonds is 4. The summed E-state index contributed by atoms with van der Waals surface area (Å²) < 4.78 is 7.92. The molecule has 3 heteroatoms. The van der Waals surface area contributed by atoms with E-state index in [4.69, 9.17) is 4.74 Å². The number of hydrogen-bond acceptors (Lipinski definition) is 2. The first-order chi connectivity index (χ1) is 12.3. The molecular formula is C22H21NO2. The molecule has 0 amide bonds. The molecule has 2 aliphatic rings. The SMILES string of the molecule is O=C(OCCn1c2ccccc2c2ccccc21)C1CC2C=CC1C2. The summed E-state index contributed by atoms with van der Waals surface area (Å²) in [7, 11) is 0. The lowest BCUT2D eigenvalue weighted by Crippen LogP contribution is -2.23. The van der Waals surface area contributed by atoms with E-state index in [-0.39, 0.29) is 11.9 Å². The number of hydrogen-bond donors (Lipinski definition) is 0. The molecule has 3 aromatic rings. The Morgan fingerprint density at radius 1 is 0.960 bits per heavy atom. The quantitative estimate of drug-likeness (QED) is 0.519. The standard InChI is InChI=1S/C22H21NO2/c24-22(19-14-15-9-10-16(19)13-15)25-12-11-23-20-7-3-1-5-17(20)18-6-2-4-8-21(18)23/h1-10,15-16,19H,11-14H2. The fourth-order valence-electron chi connectivity index (χ4n) is 4.64.